The molecule has 2 saturated heterocycles. The minimum Gasteiger partial charge on any atom is -0.318 e. The van der Waals surface area contributed by atoms with Gasteiger partial charge in [0.15, 0.2) is 0 Å². The smallest absolute Gasteiger partial charge is 0.318 e. The monoisotopic (exact) mass is 307 g/mol. The van der Waals surface area contributed by atoms with E-state index in [1.807, 2.05) is 6.92 Å². The van der Waals surface area contributed by atoms with Crippen molar-refractivity contribution in [1.29, 1.82) is 0 Å². The first-order valence-corrected chi connectivity index (χ1v) is 7.41. The number of allylic oxidation sites excluding steroid dienone is 2. The molecule has 6 nitrogen and oxygen atoms in total. The Morgan fingerprint density at radius 3 is 2.73 bits per heavy atom. The van der Waals surface area contributed by atoms with E-state index >= 15 is 0 Å². The van der Waals surface area contributed by atoms with Crippen LogP contribution < -0.4 is 5.32 Å². The van der Waals surface area contributed by atoms with Crippen LogP contribution in [0.15, 0.2) is 23.6 Å². The summed E-state index contributed by atoms with van der Waals surface area (Å²) >= 11 is 0. The number of urea groups is 1. The minimum atomic E-state index is -0.688. The van der Waals surface area contributed by atoms with Crippen molar-refractivity contribution in [3.63, 3.8) is 0 Å². The van der Waals surface area contributed by atoms with E-state index in [0.717, 1.165) is 0 Å². The zero-order chi connectivity index (χ0) is 16.0. The number of rotatable bonds is 2. The zero-order valence-corrected chi connectivity index (χ0v) is 12.5. The minimum absolute atomic E-state index is 0.204. The molecule has 22 heavy (non-hydrogen) atoms. The molecule has 2 aliphatic heterocycles. The van der Waals surface area contributed by atoms with Crippen molar-refractivity contribution in [2.75, 3.05) is 7.05 Å². The summed E-state index contributed by atoms with van der Waals surface area (Å²) in [5.74, 6) is -1.09. The first-order chi connectivity index (χ1) is 10.5. The van der Waals surface area contributed by atoms with Gasteiger partial charge in [-0.25, -0.2) is 9.18 Å². The van der Waals surface area contributed by atoms with Gasteiger partial charge in [-0.3, -0.25) is 14.9 Å². The fourth-order valence-electron chi connectivity index (χ4n) is 3.55. The first-order valence-electron chi connectivity index (χ1n) is 7.41. The van der Waals surface area contributed by atoms with Crippen molar-refractivity contribution in [3.05, 3.63) is 23.6 Å². The van der Waals surface area contributed by atoms with E-state index in [4.69, 9.17) is 0 Å². The van der Waals surface area contributed by atoms with Gasteiger partial charge in [0.05, 0.1) is 12.1 Å². The van der Waals surface area contributed by atoms with Crippen LogP contribution in [0.1, 0.15) is 26.2 Å². The van der Waals surface area contributed by atoms with Crippen LogP contribution >= 0.6 is 0 Å². The number of carbonyl (C=O) groups is 3. The quantitative estimate of drug-likeness (QED) is 0.777. The van der Waals surface area contributed by atoms with Crippen molar-refractivity contribution in [3.8, 4) is 0 Å². The molecular weight excluding hydrogens is 289 g/mol. The average Bonchev–Trinajstić information content (AvgIpc) is 2.72. The first kappa shape index (κ1) is 14.7. The second kappa shape index (κ2) is 5.23. The number of halogens is 1. The molecular formula is C15H18FN3O3. The summed E-state index contributed by atoms with van der Waals surface area (Å²) in [6.45, 7) is 1.85. The van der Waals surface area contributed by atoms with Gasteiger partial charge in [-0.1, -0.05) is 13.0 Å². The molecule has 0 aromatic heterocycles. The number of amides is 4. The second-order valence-electron chi connectivity index (χ2n) is 5.79. The van der Waals surface area contributed by atoms with Gasteiger partial charge in [-0.15, -0.1) is 0 Å². The molecule has 0 radical (unpaired) electrons. The highest BCUT2D eigenvalue weighted by atomic mass is 19.1. The molecule has 3 unspecified atom stereocenters. The molecule has 1 aliphatic carbocycles. The third-order valence-corrected chi connectivity index (χ3v) is 4.61. The molecule has 2 heterocycles. The summed E-state index contributed by atoms with van der Waals surface area (Å²) in [5.41, 5.74) is 0.568. The fraction of sp³-hybridized carbons (Fsp3) is 0.533. The Labute approximate surface area is 127 Å². The lowest BCUT2D eigenvalue weighted by Crippen LogP contribution is -2.55. The molecule has 0 aromatic rings. The van der Waals surface area contributed by atoms with Gasteiger partial charge in [-0.2, -0.15) is 0 Å². The largest absolute Gasteiger partial charge is 0.321 e. The number of imide groups is 1. The van der Waals surface area contributed by atoms with Gasteiger partial charge in [0.1, 0.15) is 11.9 Å². The van der Waals surface area contributed by atoms with Crippen molar-refractivity contribution in [1.82, 2.24) is 15.1 Å². The van der Waals surface area contributed by atoms with E-state index in [-0.39, 0.29) is 30.2 Å². The van der Waals surface area contributed by atoms with Crippen LogP contribution in [0.25, 0.3) is 0 Å². The van der Waals surface area contributed by atoms with Gasteiger partial charge < -0.3 is 9.80 Å². The number of likely N-dealkylation sites (N-methyl/N-ethyl adjacent to an activating group) is 1. The molecule has 0 aromatic carbocycles. The van der Waals surface area contributed by atoms with Crippen molar-refractivity contribution < 1.29 is 18.8 Å². The highest BCUT2D eigenvalue weighted by molar-refractivity contribution is 6.02. The van der Waals surface area contributed by atoms with Gasteiger partial charge >= 0.3 is 6.03 Å². The highest BCUT2D eigenvalue weighted by Crippen LogP contribution is 2.37. The van der Waals surface area contributed by atoms with Crippen LogP contribution in [0.5, 0.6) is 0 Å². The van der Waals surface area contributed by atoms with Crippen molar-refractivity contribution in [2.24, 2.45) is 0 Å². The molecule has 0 saturated carbocycles. The van der Waals surface area contributed by atoms with E-state index in [1.54, 1.807) is 13.1 Å². The Morgan fingerprint density at radius 1 is 1.36 bits per heavy atom. The summed E-state index contributed by atoms with van der Waals surface area (Å²) in [5, 5.41) is 2.27. The van der Waals surface area contributed by atoms with Crippen LogP contribution in [-0.2, 0) is 9.59 Å². The van der Waals surface area contributed by atoms with Gasteiger partial charge in [0, 0.05) is 13.5 Å². The van der Waals surface area contributed by atoms with Crippen LogP contribution in [0, 0.1) is 0 Å². The molecule has 0 spiro atoms. The van der Waals surface area contributed by atoms with E-state index in [1.165, 1.54) is 15.9 Å². The number of carbonyl (C=O) groups excluding carboxylic acids is 3. The lowest BCUT2D eigenvalue weighted by atomic mass is 9.90. The lowest BCUT2D eigenvalue weighted by molar-refractivity contribution is -0.136. The molecule has 3 rings (SSSR count). The normalized spacial score (nSPS) is 31.8. The molecule has 0 bridgehead atoms. The number of hydrogen-bond acceptors (Lipinski definition) is 3. The maximum absolute atomic E-state index is 14.0. The van der Waals surface area contributed by atoms with Crippen LogP contribution in [0.3, 0.4) is 0 Å². The molecule has 2 fully saturated rings. The Balaban J connectivity index is 1.95. The third kappa shape index (κ3) is 2.03. The summed E-state index contributed by atoms with van der Waals surface area (Å²) in [7, 11) is 1.62. The fourth-order valence-corrected chi connectivity index (χ4v) is 3.55. The number of fused-ring (bicyclic) bond motifs is 1. The predicted octanol–water partition coefficient (Wildman–Crippen LogP) is 1.10. The lowest BCUT2D eigenvalue weighted by Gasteiger charge is -2.34. The molecule has 7 heteroatoms. The predicted molar refractivity (Wildman–Crippen MR) is 76.3 cm³/mol. The Morgan fingerprint density at radius 2 is 2.09 bits per heavy atom. The highest BCUT2D eigenvalue weighted by Gasteiger charge is 2.50. The maximum Gasteiger partial charge on any atom is 0.321 e. The van der Waals surface area contributed by atoms with Crippen LogP contribution in [0.2, 0.25) is 0 Å². The van der Waals surface area contributed by atoms with Crippen molar-refractivity contribution >= 4 is 17.8 Å². The van der Waals surface area contributed by atoms with Gasteiger partial charge in [0.2, 0.25) is 11.8 Å². The second-order valence-corrected chi connectivity index (χ2v) is 5.79. The maximum atomic E-state index is 14.0. The van der Waals surface area contributed by atoms with E-state index in [2.05, 4.69) is 5.32 Å². The summed E-state index contributed by atoms with van der Waals surface area (Å²) < 4.78 is 14.0. The summed E-state index contributed by atoms with van der Waals surface area (Å²) in [6, 6.07) is -1.77. The number of hydrogen-bond donors (Lipinski definition) is 1. The Hall–Kier alpha value is -2.18. The number of nitrogens with one attached hydrogen (secondary N) is 1. The Kier molecular flexibility index (Phi) is 3.50. The van der Waals surface area contributed by atoms with E-state index in [0.29, 0.717) is 18.4 Å². The zero-order valence-electron chi connectivity index (χ0n) is 12.5. The third-order valence-electron chi connectivity index (χ3n) is 4.61. The Bertz CT molecular complexity index is 613. The van der Waals surface area contributed by atoms with Crippen molar-refractivity contribution in [2.45, 2.75) is 44.3 Å². The molecule has 1 N–H and O–H groups in total. The molecule has 4 amide bonds. The molecule has 3 aliphatic rings. The molecule has 3 atom stereocenters. The molecule has 118 valence electrons. The SMILES string of the molecule is CCC1=C(F)C=CC2C1N(C)C(=O)N2C1CCC(=O)NC1=O. The van der Waals surface area contributed by atoms with Gasteiger partial charge in [0.25, 0.3) is 0 Å². The van der Waals surface area contributed by atoms with Crippen LogP contribution in [0.4, 0.5) is 9.18 Å². The topological polar surface area (TPSA) is 69.7 Å². The standard InChI is InChI=1S/C15H18FN3O3/c1-3-8-9(16)4-5-10-13(8)18(2)15(22)19(10)11-6-7-12(20)17-14(11)21/h4-5,10-11,13H,3,6-7H2,1-2H3,(H,17,20,21). The van der Waals surface area contributed by atoms with E-state index in [9.17, 15) is 18.8 Å². The average molecular weight is 307 g/mol. The van der Waals surface area contributed by atoms with Gasteiger partial charge in [-0.05, 0) is 24.5 Å². The number of piperidine rings is 1. The van der Waals surface area contributed by atoms with Crippen LogP contribution in [-0.4, -0.2) is 52.8 Å². The van der Waals surface area contributed by atoms with E-state index < -0.39 is 18.0 Å². The summed E-state index contributed by atoms with van der Waals surface area (Å²) in [6.07, 6.45) is 4.00. The number of nitrogens with zero attached hydrogens (tertiary/aromatic N) is 2. The summed E-state index contributed by atoms with van der Waals surface area (Å²) in [4.78, 5) is 38.9.